The van der Waals surface area contributed by atoms with Crippen LogP contribution >= 0.6 is 21.2 Å². The molecule has 0 aliphatic rings. The van der Waals surface area contributed by atoms with Crippen LogP contribution in [0.15, 0.2) is 20.8 Å². The van der Waals surface area contributed by atoms with Gasteiger partial charge < -0.3 is 0 Å². The van der Waals surface area contributed by atoms with E-state index in [-0.39, 0.29) is 0 Å². The summed E-state index contributed by atoms with van der Waals surface area (Å²) in [4.78, 5) is 2.15. The molecular weight excluding hydrogens is 349 g/mol. The van der Waals surface area contributed by atoms with Gasteiger partial charge in [0.1, 0.15) is 0 Å². The van der Waals surface area contributed by atoms with Gasteiger partial charge in [-0.2, -0.15) is 0 Å². The first-order valence-electron chi connectivity index (χ1n) is 1.98. The van der Waals surface area contributed by atoms with Crippen LogP contribution in [0.25, 0.3) is 0 Å². The van der Waals surface area contributed by atoms with Crippen LogP contribution < -0.4 is 0 Å². The molecule has 1 aromatic rings. The molecule has 0 bridgehead atoms. The van der Waals surface area contributed by atoms with Crippen molar-refractivity contribution in [3.63, 3.8) is 0 Å². The Kier molecular flexibility index (Phi) is 9.36. The summed E-state index contributed by atoms with van der Waals surface area (Å²) >= 11 is 9.40. The van der Waals surface area contributed by atoms with E-state index < -0.39 is 0 Å². The summed E-state index contributed by atoms with van der Waals surface area (Å²) in [6, 6.07) is 4.07. The van der Waals surface area contributed by atoms with Crippen LogP contribution in [0, 0.1) is 0 Å². The fourth-order valence-corrected chi connectivity index (χ4v) is 1.62. The van der Waals surface area contributed by atoms with Gasteiger partial charge in [0.2, 0.25) is 0 Å². The Bertz CT molecular complexity index is 128. The van der Waals surface area contributed by atoms with Gasteiger partial charge in [-0.3, -0.25) is 0 Å². The predicted molar refractivity (Wildman–Crippen MR) is 52.5 cm³/mol. The quantitative estimate of drug-likeness (QED) is 0.519. The molecule has 0 fully saturated rings. The third-order valence-corrected chi connectivity index (χ3v) is 2.61. The van der Waals surface area contributed by atoms with Crippen molar-refractivity contribution in [2.75, 3.05) is 0 Å². The van der Waals surface area contributed by atoms with E-state index in [0.717, 1.165) is 0 Å². The van der Waals surface area contributed by atoms with Gasteiger partial charge in [0.15, 0.2) is 0 Å². The molecule has 0 saturated carbocycles. The van der Waals surface area contributed by atoms with Crippen molar-refractivity contribution in [3.05, 3.63) is 17.1 Å². The summed E-state index contributed by atoms with van der Waals surface area (Å²) in [5.74, 6) is 0. The van der Waals surface area contributed by atoms with E-state index >= 15 is 0 Å². The molecule has 52 valence electrons. The Labute approximate surface area is 85.5 Å². The molecule has 0 spiro atoms. The van der Waals surface area contributed by atoms with Crippen molar-refractivity contribution in [2.24, 2.45) is 0 Å². The van der Waals surface area contributed by atoms with E-state index in [1.165, 1.54) is 3.77 Å². The molecule has 0 aliphatic carbocycles. The molecule has 0 unspecified atom stereocenters. The Morgan fingerprint density at radius 2 is 2.11 bits per heavy atom. The average Bonchev–Trinajstić information content (AvgIpc) is 2.20. The van der Waals surface area contributed by atoms with Crippen molar-refractivity contribution in [3.8, 4) is 0 Å². The SMILES string of the molecule is Sc1ccc[se]1.[SeH]S[SeH]. The molecule has 0 N–H and O–H groups in total. The minimum absolute atomic E-state index is 0.573. The summed E-state index contributed by atoms with van der Waals surface area (Å²) in [5, 5.41) is 0. The van der Waals surface area contributed by atoms with Crippen LogP contribution in [-0.2, 0) is 0 Å². The first-order valence-corrected chi connectivity index (χ1v) is 9.60. The zero-order chi connectivity index (χ0) is 7.11. The number of thiol groups is 1. The maximum atomic E-state index is 4.12. The van der Waals surface area contributed by atoms with Gasteiger partial charge in [0.05, 0.1) is 0 Å². The van der Waals surface area contributed by atoms with Gasteiger partial charge in [-0.05, 0) is 0 Å². The first-order chi connectivity index (χ1) is 4.31. The molecule has 0 aliphatic heterocycles. The van der Waals surface area contributed by atoms with Crippen LogP contribution in [0.5, 0.6) is 0 Å². The topological polar surface area (TPSA) is 0 Å². The van der Waals surface area contributed by atoms with Gasteiger partial charge in [-0.15, -0.1) is 0 Å². The van der Waals surface area contributed by atoms with Crippen molar-refractivity contribution in [1.29, 1.82) is 0 Å². The van der Waals surface area contributed by atoms with Gasteiger partial charge in [-0.1, -0.05) is 0 Å². The maximum absolute atomic E-state index is 4.12. The second kappa shape index (κ2) is 7.84. The zero-order valence-electron chi connectivity index (χ0n) is 4.39. The van der Waals surface area contributed by atoms with E-state index in [9.17, 15) is 0 Å². The summed E-state index contributed by atoms with van der Waals surface area (Å²) in [7, 11) is 1.62. The van der Waals surface area contributed by atoms with Crippen LogP contribution in [-0.4, -0.2) is 44.3 Å². The number of rotatable bonds is 0. The molecule has 1 heterocycles. The van der Waals surface area contributed by atoms with Crippen molar-refractivity contribution < 1.29 is 0 Å². The third kappa shape index (κ3) is 7.64. The van der Waals surface area contributed by atoms with Crippen molar-refractivity contribution >= 4 is 65.5 Å². The van der Waals surface area contributed by atoms with E-state index in [1.54, 1.807) is 8.60 Å². The molecule has 5 heteroatoms. The van der Waals surface area contributed by atoms with Crippen LogP contribution in [0.1, 0.15) is 0 Å². The standard InChI is InChI=1S/C4H4SSe.H2SSe2/c5-4-2-1-3-6-4;2-1-3/h1-3,5H;2-3H. The molecular formula is C4H6S2Se3. The zero-order valence-corrected chi connectivity index (χ0v) is 11.6. The minimum atomic E-state index is 0.573. The third-order valence-electron chi connectivity index (χ3n) is 0.506. The molecule has 0 aromatic carbocycles. The van der Waals surface area contributed by atoms with Crippen molar-refractivity contribution in [2.45, 2.75) is 3.77 Å². The van der Waals surface area contributed by atoms with Crippen LogP contribution in [0.3, 0.4) is 0 Å². The Morgan fingerprint density at radius 3 is 2.22 bits per heavy atom. The van der Waals surface area contributed by atoms with Crippen LogP contribution in [0.4, 0.5) is 0 Å². The fraction of sp³-hybridized carbons (Fsp3) is 0. The molecule has 0 saturated heterocycles. The molecule has 0 atom stereocenters. The first kappa shape index (κ1) is 10.7. The van der Waals surface area contributed by atoms with Gasteiger partial charge in [0.25, 0.3) is 0 Å². The van der Waals surface area contributed by atoms with E-state index in [2.05, 4.69) is 47.4 Å². The van der Waals surface area contributed by atoms with E-state index in [4.69, 9.17) is 0 Å². The molecule has 9 heavy (non-hydrogen) atoms. The average molecular weight is 355 g/mol. The monoisotopic (exact) mass is 358 g/mol. The molecule has 1 rings (SSSR count). The van der Waals surface area contributed by atoms with E-state index in [0.29, 0.717) is 14.5 Å². The van der Waals surface area contributed by atoms with Gasteiger partial charge in [-0.25, -0.2) is 0 Å². The fourth-order valence-electron chi connectivity index (χ4n) is 0.270. The predicted octanol–water partition coefficient (Wildman–Crippen LogP) is 0.383. The summed E-state index contributed by atoms with van der Waals surface area (Å²) in [6.07, 6.45) is 0. The second-order valence-electron chi connectivity index (χ2n) is 1.03. The number of hydrogen-bond donors (Lipinski definition) is 1. The summed E-state index contributed by atoms with van der Waals surface area (Å²) < 4.78 is 1.22. The second-order valence-corrected chi connectivity index (χ2v) is 10.7. The van der Waals surface area contributed by atoms with Gasteiger partial charge >= 0.3 is 86.4 Å². The summed E-state index contributed by atoms with van der Waals surface area (Å²) in [6.45, 7) is 0. The van der Waals surface area contributed by atoms with Gasteiger partial charge in [0, 0.05) is 0 Å². The summed E-state index contributed by atoms with van der Waals surface area (Å²) in [5.41, 5.74) is 0. The molecule has 0 radical (unpaired) electrons. The van der Waals surface area contributed by atoms with Crippen LogP contribution in [0.2, 0.25) is 0 Å². The Balaban J connectivity index is 0.000000187. The van der Waals surface area contributed by atoms with Crippen molar-refractivity contribution in [1.82, 2.24) is 0 Å². The molecule has 0 amide bonds. The Hall–Kier alpha value is 1.74. The number of hydrogen-bond acceptors (Lipinski definition) is 2. The van der Waals surface area contributed by atoms with E-state index in [1.807, 2.05) is 12.1 Å². The normalized spacial score (nSPS) is 7.89. The molecule has 1 aromatic heterocycles. The Morgan fingerprint density at radius 1 is 1.56 bits per heavy atom. The molecule has 0 nitrogen and oxygen atoms in total.